The van der Waals surface area contributed by atoms with Gasteiger partial charge in [-0.2, -0.15) is 0 Å². The van der Waals surface area contributed by atoms with Gasteiger partial charge in [-0.05, 0) is 43.4 Å². The van der Waals surface area contributed by atoms with Gasteiger partial charge < -0.3 is 19.9 Å². The summed E-state index contributed by atoms with van der Waals surface area (Å²) in [6, 6.07) is 7.05. The molecule has 0 bridgehead atoms. The summed E-state index contributed by atoms with van der Waals surface area (Å²) in [5.41, 5.74) is 1.21. The first kappa shape index (κ1) is 20.3. The van der Waals surface area contributed by atoms with Gasteiger partial charge in [0.05, 0.1) is 13.2 Å². The number of morpholine rings is 1. The minimum atomic E-state index is -0.160. The maximum Gasteiger partial charge on any atom is 0.253 e. The van der Waals surface area contributed by atoms with Crippen LogP contribution < -0.4 is 5.32 Å². The van der Waals surface area contributed by atoms with Crippen molar-refractivity contribution < 1.29 is 19.1 Å². The Morgan fingerprint density at radius 2 is 1.93 bits per heavy atom. The number of benzene rings is 1. The van der Waals surface area contributed by atoms with Gasteiger partial charge in [0, 0.05) is 50.8 Å². The summed E-state index contributed by atoms with van der Waals surface area (Å²) in [5, 5.41) is 2.71. The van der Waals surface area contributed by atoms with E-state index in [0.717, 1.165) is 25.8 Å². The average molecular weight is 387 g/mol. The molecule has 1 aromatic carbocycles. The number of amides is 3. The first-order valence-electron chi connectivity index (χ1n) is 10.1. The lowest BCUT2D eigenvalue weighted by Gasteiger charge is -2.33. The maximum absolute atomic E-state index is 12.9. The Kier molecular flexibility index (Phi) is 7.03. The molecule has 0 saturated carbocycles. The van der Waals surface area contributed by atoms with E-state index >= 15 is 0 Å². The summed E-state index contributed by atoms with van der Waals surface area (Å²) in [7, 11) is 0. The van der Waals surface area contributed by atoms with Gasteiger partial charge in [0.2, 0.25) is 11.8 Å². The Morgan fingerprint density at radius 3 is 2.68 bits per heavy atom. The second-order valence-corrected chi connectivity index (χ2v) is 7.55. The molecule has 0 spiro atoms. The standard InChI is InChI=1S/C21H29N3O4/c1-16(25)22-19-6-2-5-18(14-19)21(27)24-9-3-4-17(15-24)7-8-20(26)23-10-12-28-13-11-23/h2,5-6,14,17H,3-4,7-13,15H2,1H3,(H,22,25)/t17-/m0/s1. The van der Waals surface area contributed by atoms with Crippen molar-refractivity contribution in [1.82, 2.24) is 9.80 Å². The van der Waals surface area contributed by atoms with Crippen molar-refractivity contribution in [2.75, 3.05) is 44.7 Å². The van der Waals surface area contributed by atoms with Crippen LogP contribution in [0.25, 0.3) is 0 Å². The van der Waals surface area contributed by atoms with Crippen molar-refractivity contribution in [2.24, 2.45) is 5.92 Å². The van der Waals surface area contributed by atoms with Crippen LogP contribution in [0.2, 0.25) is 0 Å². The van der Waals surface area contributed by atoms with Crippen LogP contribution in [0.4, 0.5) is 5.69 Å². The number of carbonyl (C=O) groups is 3. The molecule has 1 aromatic rings. The van der Waals surface area contributed by atoms with Crippen LogP contribution in [0.5, 0.6) is 0 Å². The van der Waals surface area contributed by atoms with E-state index in [-0.39, 0.29) is 17.7 Å². The molecule has 3 rings (SSSR count). The van der Waals surface area contributed by atoms with E-state index in [2.05, 4.69) is 5.32 Å². The monoisotopic (exact) mass is 387 g/mol. The van der Waals surface area contributed by atoms with Crippen molar-refractivity contribution in [2.45, 2.75) is 32.6 Å². The number of ether oxygens (including phenoxy) is 1. The molecular weight excluding hydrogens is 358 g/mol. The Hall–Kier alpha value is -2.41. The second-order valence-electron chi connectivity index (χ2n) is 7.55. The van der Waals surface area contributed by atoms with Crippen LogP contribution in [0, 0.1) is 5.92 Å². The van der Waals surface area contributed by atoms with E-state index in [1.165, 1.54) is 6.92 Å². The Bertz CT molecular complexity index is 715. The highest BCUT2D eigenvalue weighted by atomic mass is 16.5. The number of hydrogen-bond donors (Lipinski definition) is 1. The van der Waals surface area contributed by atoms with Crippen LogP contribution in [0.3, 0.4) is 0 Å². The number of hydrogen-bond acceptors (Lipinski definition) is 4. The van der Waals surface area contributed by atoms with Gasteiger partial charge in [-0.25, -0.2) is 0 Å². The molecule has 2 aliphatic heterocycles. The third-order valence-electron chi connectivity index (χ3n) is 5.37. The predicted molar refractivity (Wildman–Crippen MR) is 106 cm³/mol. The molecule has 0 aliphatic carbocycles. The predicted octanol–water partition coefficient (Wildman–Crippen LogP) is 2.14. The van der Waals surface area contributed by atoms with E-state index in [1.807, 2.05) is 9.80 Å². The molecule has 0 radical (unpaired) electrons. The Balaban J connectivity index is 1.53. The lowest BCUT2D eigenvalue weighted by Crippen LogP contribution is -2.42. The van der Waals surface area contributed by atoms with Crippen LogP contribution in [-0.2, 0) is 14.3 Å². The summed E-state index contributed by atoms with van der Waals surface area (Å²) >= 11 is 0. The molecule has 0 unspecified atom stereocenters. The van der Waals surface area contributed by atoms with E-state index in [0.29, 0.717) is 56.4 Å². The van der Waals surface area contributed by atoms with Gasteiger partial charge in [0.25, 0.3) is 5.91 Å². The highest BCUT2D eigenvalue weighted by Gasteiger charge is 2.26. The van der Waals surface area contributed by atoms with Gasteiger partial charge in [0.1, 0.15) is 0 Å². The molecule has 7 nitrogen and oxygen atoms in total. The number of nitrogens with one attached hydrogen (secondary N) is 1. The fourth-order valence-electron chi connectivity index (χ4n) is 3.90. The highest BCUT2D eigenvalue weighted by molar-refractivity contribution is 5.96. The zero-order valence-corrected chi connectivity index (χ0v) is 16.5. The summed E-state index contributed by atoms with van der Waals surface area (Å²) in [6.45, 7) is 5.46. The molecule has 7 heteroatoms. The lowest BCUT2D eigenvalue weighted by molar-refractivity contribution is -0.135. The SMILES string of the molecule is CC(=O)Nc1cccc(C(=O)N2CCC[C@@H](CCC(=O)N3CCOCC3)C2)c1. The van der Waals surface area contributed by atoms with Gasteiger partial charge >= 0.3 is 0 Å². The molecule has 3 amide bonds. The zero-order valence-electron chi connectivity index (χ0n) is 16.5. The molecule has 0 aromatic heterocycles. The summed E-state index contributed by atoms with van der Waals surface area (Å²) in [6.07, 6.45) is 3.34. The van der Waals surface area contributed by atoms with Crippen molar-refractivity contribution in [3.8, 4) is 0 Å². The summed E-state index contributed by atoms with van der Waals surface area (Å²) < 4.78 is 5.30. The highest BCUT2D eigenvalue weighted by Crippen LogP contribution is 2.23. The molecule has 1 atom stereocenters. The first-order chi connectivity index (χ1) is 13.5. The number of anilines is 1. The van der Waals surface area contributed by atoms with Crippen LogP contribution >= 0.6 is 0 Å². The third kappa shape index (κ3) is 5.55. The van der Waals surface area contributed by atoms with E-state index in [4.69, 9.17) is 4.74 Å². The van der Waals surface area contributed by atoms with Crippen LogP contribution in [0.1, 0.15) is 43.0 Å². The fraction of sp³-hybridized carbons (Fsp3) is 0.571. The molecule has 2 heterocycles. The van der Waals surface area contributed by atoms with Crippen molar-refractivity contribution in [1.29, 1.82) is 0 Å². The van der Waals surface area contributed by atoms with Crippen LogP contribution in [0.15, 0.2) is 24.3 Å². The quantitative estimate of drug-likeness (QED) is 0.840. The normalized spacial score (nSPS) is 20.0. The minimum Gasteiger partial charge on any atom is -0.378 e. The number of rotatable bonds is 5. The van der Waals surface area contributed by atoms with Gasteiger partial charge in [-0.1, -0.05) is 6.07 Å². The molecule has 1 N–H and O–H groups in total. The van der Waals surface area contributed by atoms with Gasteiger partial charge in [0.15, 0.2) is 0 Å². The fourth-order valence-corrected chi connectivity index (χ4v) is 3.90. The Labute approximate surface area is 166 Å². The lowest BCUT2D eigenvalue weighted by atomic mass is 9.92. The third-order valence-corrected chi connectivity index (χ3v) is 5.37. The Morgan fingerprint density at radius 1 is 1.14 bits per heavy atom. The minimum absolute atomic E-state index is 0.0172. The van der Waals surface area contributed by atoms with Crippen molar-refractivity contribution >= 4 is 23.4 Å². The molecule has 2 aliphatic rings. The number of likely N-dealkylation sites (tertiary alicyclic amines) is 1. The second kappa shape index (κ2) is 9.68. The topological polar surface area (TPSA) is 79.0 Å². The van der Waals surface area contributed by atoms with E-state index < -0.39 is 0 Å². The first-order valence-corrected chi connectivity index (χ1v) is 10.1. The number of piperidine rings is 1. The smallest absolute Gasteiger partial charge is 0.253 e. The van der Waals surface area contributed by atoms with Crippen molar-refractivity contribution in [3.05, 3.63) is 29.8 Å². The zero-order chi connectivity index (χ0) is 19.9. The molecular formula is C21H29N3O4. The number of nitrogens with zero attached hydrogens (tertiary/aromatic N) is 2. The summed E-state index contributed by atoms with van der Waals surface area (Å²) in [5.74, 6) is 0.361. The number of carbonyl (C=O) groups excluding carboxylic acids is 3. The van der Waals surface area contributed by atoms with Crippen molar-refractivity contribution in [3.63, 3.8) is 0 Å². The largest absolute Gasteiger partial charge is 0.378 e. The molecule has 152 valence electrons. The van der Waals surface area contributed by atoms with E-state index in [1.54, 1.807) is 24.3 Å². The van der Waals surface area contributed by atoms with Crippen LogP contribution in [-0.4, -0.2) is 66.9 Å². The molecule has 28 heavy (non-hydrogen) atoms. The van der Waals surface area contributed by atoms with E-state index in [9.17, 15) is 14.4 Å². The van der Waals surface area contributed by atoms with Gasteiger partial charge in [-0.15, -0.1) is 0 Å². The van der Waals surface area contributed by atoms with Gasteiger partial charge in [-0.3, -0.25) is 14.4 Å². The molecule has 2 saturated heterocycles. The average Bonchev–Trinajstić information content (AvgIpc) is 2.72. The molecule has 2 fully saturated rings. The summed E-state index contributed by atoms with van der Waals surface area (Å²) in [4.78, 5) is 40.2. The maximum atomic E-state index is 12.9.